The Hall–Kier alpha value is -0.480. The van der Waals surface area contributed by atoms with Crippen LogP contribution in [0.15, 0.2) is 18.2 Å². The summed E-state index contributed by atoms with van der Waals surface area (Å²) in [7, 11) is 0. The standard InChI is InChI=1S/C13H20ClNO2.ClH/c1-8(2)3-5-12(17)13(15)10-7-9(14)4-6-11(10)16;/h4,6-8,12-13,16-17H,3,5,15H2,1-2H3;1H/t12-,13+;/m0./s1. The van der Waals surface area contributed by atoms with Crippen LogP contribution in [0.3, 0.4) is 0 Å². The molecule has 0 saturated heterocycles. The number of aliphatic hydroxyl groups is 1. The molecule has 0 saturated carbocycles. The van der Waals surface area contributed by atoms with Gasteiger partial charge in [0, 0.05) is 10.6 Å². The van der Waals surface area contributed by atoms with Gasteiger partial charge < -0.3 is 15.9 Å². The molecule has 2 atom stereocenters. The SMILES string of the molecule is CC(C)CC[C@H](O)[C@H](N)c1cc(Cl)ccc1O.Cl. The Kier molecular flexibility index (Phi) is 7.64. The highest BCUT2D eigenvalue weighted by Crippen LogP contribution is 2.29. The van der Waals surface area contributed by atoms with Crippen molar-refractivity contribution >= 4 is 24.0 Å². The molecule has 18 heavy (non-hydrogen) atoms. The largest absolute Gasteiger partial charge is 0.508 e. The van der Waals surface area contributed by atoms with E-state index in [0.29, 0.717) is 22.9 Å². The molecule has 0 aromatic heterocycles. The number of aromatic hydroxyl groups is 1. The van der Waals surface area contributed by atoms with E-state index in [-0.39, 0.29) is 18.2 Å². The number of halogens is 2. The fraction of sp³-hybridized carbons (Fsp3) is 0.538. The average molecular weight is 294 g/mol. The van der Waals surface area contributed by atoms with Crippen molar-refractivity contribution < 1.29 is 10.2 Å². The Morgan fingerprint density at radius 2 is 1.89 bits per heavy atom. The molecule has 0 aliphatic carbocycles. The Morgan fingerprint density at radius 3 is 2.44 bits per heavy atom. The monoisotopic (exact) mass is 293 g/mol. The molecule has 0 unspecified atom stereocenters. The van der Waals surface area contributed by atoms with Gasteiger partial charge in [0.15, 0.2) is 0 Å². The van der Waals surface area contributed by atoms with Crippen LogP contribution in [-0.2, 0) is 0 Å². The summed E-state index contributed by atoms with van der Waals surface area (Å²) in [5, 5.41) is 20.1. The van der Waals surface area contributed by atoms with E-state index in [2.05, 4.69) is 13.8 Å². The van der Waals surface area contributed by atoms with E-state index >= 15 is 0 Å². The van der Waals surface area contributed by atoms with Crippen molar-refractivity contribution in [2.24, 2.45) is 11.7 Å². The molecular weight excluding hydrogens is 273 g/mol. The van der Waals surface area contributed by atoms with Gasteiger partial charge in [0.2, 0.25) is 0 Å². The van der Waals surface area contributed by atoms with Gasteiger partial charge in [0.05, 0.1) is 12.1 Å². The van der Waals surface area contributed by atoms with Crippen LogP contribution < -0.4 is 5.73 Å². The van der Waals surface area contributed by atoms with Crippen LogP contribution in [0, 0.1) is 5.92 Å². The van der Waals surface area contributed by atoms with Gasteiger partial charge in [-0.3, -0.25) is 0 Å². The van der Waals surface area contributed by atoms with Crippen molar-refractivity contribution in [1.29, 1.82) is 0 Å². The van der Waals surface area contributed by atoms with E-state index < -0.39 is 12.1 Å². The lowest BCUT2D eigenvalue weighted by atomic mass is 9.95. The lowest BCUT2D eigenvalue weighted by Crippen LogP contribution is -2.26. The molecule has 3 nitrogen and oxygen atoms in total. The van der Waals surface area contributed by atoms with E-state index in [1.165, 1.54) is 6.07 Å². The maximum absolute atomic E-state index is 9.96. The number of hydrogen-bond donors (Lipinski definition) is 3. The molecule has 5 heteroatoms. The lowest BCUT2D eigenvalue weighted by Gasteiger charge is -2.21. The van der Waals surface area contributed by atoms with Gasteiger partial charge in [-0.05, 0) is 37.0 Å². The topological polar surface area (TPSA) is 66.5 Å². The van der Waals surface area contributed by atoms with Crippen molar-refractivity contribution in [3.63, 3.8) is 0 Å². The summed E-state index contributed by atoms with van der Waals surface area (Å²) in [6.45, 7) is 4.18. The molecule has 0 radical (unpaired) electrons. The van der Waals surface area contributed by atoms with E-state index in [9.17, 15) is 10.2 Å². The zero-order valence-electron chi connectivity index (χ0n) is 10.6. The number of nitrogens with two attached hydrogens (primary N) is 1. The molecule has 1 aromatic rings. The Morgan fingerprint density at radius 1 is 1.28 bits per heavy atom. The van der Waals surface area contributed by atoms with Crippen molar-refractivity contribution in [1.82, 2.24) is 0 Å². The normalized spacial score (nSPS) is 14.1. The molecule has 104 valence electrons. The predicted octanol–water partition coefficient (Wildman–Crippen LogP) is 3.26. The number of hydrogen-bond acceptors (Lipinski definition) is 3. The van der Waals surface area contributed by atoms with Gasteiger partial charge in [-0.1, -0.05) is 25.4 Å². The van der Waals surface area contributed by atoms with Crippen LogP contribution in [0.1, 0.15) is 38.3 Å². The maximum Gasteiger partial charge on any atom is 0.120 e. The quantitative estimate of drug-likeness (QED) is 0.781. The van der Waals surface area contributed by atoms with E-state index in [1.807, 2.05) is 0 Å². The average Bonchev–Trinajstić information content (AvgIpc) is 2.28. The van der Waals surface area contributed by atoms with Gasteiger partial charge in [-0.2, -0.15) is 0 Å². The molecule has 0 aliphatic rings. The molecule has 1 aromatic carbocycles. The summed E-state index contributed by atoms with van der Waals surface area (Å²) >= 11 is 5.84. The Balaban J connectivity index is 0.00000289. The number of rotatable bonds is 5. The van der Waals surface area contributed by atoms with Gasteiger partial charge in [-0.25, -0.2) is 0 Å². The highest BCUT2D eigenvalue weighted by Gasteiger charge is 2.20. The number of benzene rings is 1. The summed E-state index contributed by atoms with van der Waals surface area (Å²) in [5.41, 5.74) is 6.42. The van der Waals surface area contributed by atoms with Crippen LogP contribution in [-0.4, -0.2) is 16.3 Å². The van der Waals surface area contributed by atoms with Crippen LogP contribution in [0.4, 0.5) is 0 Å². The van der Waals surface area contributed by atoms with Crippen molar-refractivity contribution in [3.05, 3.63) is 28.8 Å². The van der Waals surface area contributed by atoms with Crippen LogP contribution >= 0.6 is 24.0 Å². The van der Waals surface area contributed by atoms with E-state index in [0.717, 1.165) is 6.42 Å². The van der Waals surface area contributed by atoms with Gasteiger partial charge in [0.25, 0.3) is 0 Å². The van der Waals surface area contributed by atoms with Crippen LogP contribution in [0.25, 0.3) is 0 Å². The predicted molar refractivity (Wildman–Crippen MR) is 77.4 cm³/mol. The maximum atomic E-state index is 9.96. The molecule has 1 rings (SSSR count). The summed E-state index contributed by atoms with van der Waals surface area (Å²) in [5.74, 6) is 0.593. The van der Waals surface area contributed by atoms with E-state index in [4.69, 9.17) is 17.3 Å². The number of phenolic OH excluding ortho intramolecular Hbond substituents is 1. The molecule has 4 N–H and O–H groups in total. The third kappa shape index (κ3) is 5.02. The fourth-order valence-electron chi connectivity index (χ4n) is 1.68. The van der Waals surface area contributed by atoms with Gasteiger partial charge >= 0.3 is 0 Å². The number of aliphatic hydroxyl groups excluding tert-OH is 1. The second-order valence-corrected chi connectivity index (χ2v) is 5.20. The highest BCUT2D eigenvalue weighted by molar-refractivity contribution is 6.30. The first-order chi connectivity index (χ1) is 7.91. The third-order valence-electron chi connectivity index (χ3n) is 2.80. The molecule has 0 bridgehead atoms. The first kappa shape index (κ1) is 17.5. The minimum Gasteiger partial charge on any atom is -0.508 e. The molecule has 0 spiro atoms. The van der Waals surface area contributed by atoms with Crippen LogP contribution in [0.5, 0.6) is 5.75 Å². The third-order valence-corrected chi connectivity index (χ3v) is 3.04. The second kappa shape index (κ2) is 7.85. The zero-order valence-corrected chi connectivity index (χ0v) is 12.2. The molecule has 0 amide bonds. The van der Waals surface area contributed by atoms with Crippen molar-refractivity contribution in [2.75, 3.05) is 0 Å². The minimum atomic E-state index is -0.665. The van der Waals surface area contributed by atoms with Gasteiger partial charge in [0.1, 0.15) is 5.75 Å². The summed E-state index contributed by atoms with van der Waals surface area (Å²) < 4.78 is 0. The minimum absolute atomic E-state index is 0. The van der Waals surface area contributed by atoms with Crippen molar-refractivity contribution in [2.45, 2.75) is 38.8 Å². The summed E-state index contributed by atoms with van der Waals surface area (Å²) in [6.07, 6.45) is 0.850. The Labute approximate surface area is 119 Å². The highest BCUT2D eigenvalue weighted by atomic mass is 35.5. The first-order valence-corrected chi connectivity index (χ1v) is 6.21. The smallest absolute Gasteiger partial charge is 0.120 e. The van der Waals surface area contributed by atoms with Gasteiger partial charge in [-0.15, -0.1) is 12.4 Å². The molecule has 0 fully saturated rings. The van der Waals surface area contributed by atoms with Crippen molar-refractivity contribution in [3.8, 4) is 5.75 Å². The molecule has 0 heterocycles. The second-order valence-electron chi connectivity index (χ2n) is 4.77. The number of phenols is 1. The lowest BCUT2D eigenvalue weighted by molar-refractivity contribution is 0.127. The van der Waals surface area contributed by atoms with E-state index in [1.54, 1.807) is 12.1 Å². The molecule has 0 aliphatic heterocycles. The van der Waals surface area contributed by atoms with Crippen LogP contribution in [0.2, 0.25) is 5.02 Å². The fourth-order valence-corrected chi connectivity index (χ4v) is 1.86. The summed E-state index contributed by atoms with van der Waals surface area (Å²) in [4.78, 5) is 0. The summed E-state index contributed by atoms with van der Waals surface area (Å²) in [6, 6.07) is 4.08. The zero-order chi connectivity index (χ0) is 13.0. The first-order valence-electron chi connectivity index (χ1n) is 5.84. The molecular formula is C13H21Cl2NO2. The Bertz CT molecular complexity index is 372.